The van der Waals surface area contributed by atoms with E-state index in [1.165, 1.54) is 32.1 Å². The molecule has 2 N–H and O–H groups in total. The molecule has 2 saturated heterocycles. The number of hydrogen-bond donors (Lipinski definition) is 2. The fraction of sp³-hybridized carbons (Fsp3) is 0.964. The summed E-state index contributed by atoms with van der Waals surface area (Å²) in [6.07, 6.45) is 11.4. The van der Waals surface area contributed by atoms with E-state index in [1.54, 1.807) is 0 Å². The summed E-state index contributed by atoms with van der Waals surface area (Å²) in [7, 11) is 0. The zero-order chi connectivity index (χ0) is 24.9. The fourth-order valence-electron chi connectivity index (χ4n) is 6.68. The topological polar surface area (TPSA) is 53.6 Å². The molecular formula is C28H55N3O2. The van der Waals surface area contributed by atoms with Gasteiger partial charge in [0.2, 0.25) is 5.91 Å². The number of rotatable bonds is 11. The van der Waals surface area contributed by atoms with Crippen molar-refractivity contribution in [3.8, 4) is 0 Å². The van der Waals surface area contributed by atoms with Crippen molar-refractivity contribution in [2.75, 3.05) is 13.2 Å². The highest BCUT2D eigenvalue weighted by Crippen LogP contribution is 2.33. The summed E-state index contributed by atoms with van der Waals surface area (Å²) in [5.41, 5.74) is 0.0967. The lowest BCUT2D eigenvalue weighted by Gasteiger charge is -2.50. The highest BCUT2D eigenvalue weighted by Gasteiger charge is 2.42. The Morgan fingerprint density at radius 3 is 1.73 bits per heavy atom. The summed E-state index contributed by atoms with van der Waals surface area (Å²) in [5, 5.41) is 7.48. The molecule has 2 heterocycles. The van der Waals surface area contributed by atoms with Crippen LogP contribution < -0.4 is 10.6 Å². The molecular weight excluding hydrogens is 410 g/mol. The van der Waals surface area contributed by atoms with Crippen molar-refractivity contribution < 1.29 is 9.53 Å². The van der Waals surface area contributed by atoms with Crippen molar-refractivity contribution in [2.24, 2.45) is 0 Å². The Hall–Kier alpha value is -0.650. The first-order valence-corrected chi connectivity index (χ1v) is 13.6. The van der Waals surface area contributed by atoms with Crippen molar-refractivity contribution in [1.29, 1.82) is 0 Å². The number of carbonyl (C=O) groups is 1. The van der Waals surface area contributed by atoms with E-state index in [4.69, 9.17) is 4.74 Å². The predicted octanol–water partition coefficient (Wildman–Crippen LogP) is 5.81. The molecule has 0 unspecified atom stereocenters. The Morgan fingerprint density at radius 2 is 1.21 bits per heavy atom. The van der Waals surface area contributed by atoms with Crippen LogP contribution in [-0.4, -0.2) is 58.3 Å². The second-order valence-electron chi connectivity index (χ2n) is 13.5. The lowest BCUT2D eigenvalue weighted by Crippen LogP contribution is -2.63. The van der Waals surface area contributed by atoms with Crippen LogP contribution in [-0.2, 0) is 9.53 Å². The van der Waals surface area contributed by atoms with E-state index in [2.05, 4.69) is 77.8 Å². The molecule has 0 atom stereocenters. The number of nitrogens with zero attached hydrogens (tertiary/aromatic N) is 1. The Labute approximate surface area is 205 Å². The normalized spacial score (nSPS) is 24.5. The van der Waals surface area contributed by atoms with Crippen molar-refractivity contribution in [3.63, 3.8) is 0 Å². The maximum Gasteiger partial charge on any atom is 0.248 e. The lowest BCUT2D eigenvalue weighted by atomic mass is 9.79. The standard InChI is InChI=1S/C28H55N3O2/c1-10-11-12-13-14-15-16-31(22-17-25(2,3)29-26(4,5)18-22)24(32)21-33-23-19-27(6,7)30-28(8,9)20-23/h22-23,29-30H,10-21H2,1-9H3. The molecule has 0 aliphatic carbocycles. The lowest BCUT2D eigenvalue weighted by molar-refractivity contribution is -0.144. The second-order valence-corrected chi connectivity index (χ2v) is 13.5. The third-order valence-corrected chi connectivity index (χ3v) is 7.28. The average molecular weight is 466 g/mol. The SMILES string of the molecule is CCCCCCCCN(C(=O)COC1CC(C)(C)NC(C)(C)C1)C1CC(C)(C)NC(C)(C)C1. The fourth-order valence-corrected chi connectivity index (χ4v) is 6.68. The molecule has 0 bridgehead atoms. The number of piperidine rings is 2. The van der Waals surface area contributed by atoms with Gasteiger partial charge in [-0.25, -0.2) is 0 Å². The molecule has 33 heavy (non-hydrogen) atoms. The van der Waals surface area contributed by atoms with Gasteiger partial charge in [-0.2, -0.15) is 0 Å². The Kier molecular flexibility index (Phi) is 9.87. The summed E-state index contributed by atoms with van der Waals surface area (Å²) in [4.78, 5) is 15.7. The van der Waals surface area contributed by atoms with Crippen LogP contribution in [0.25, 0.3) is 0 Å². The molecule has 0 aromatic heterocycles. The molecule has 0 aromatic rings. The van der Waals surface area contributed by atoms with Crippen LogP contribution in [0.15, 0.2) is 0 Å². The maximum absolute atomic E-state index is 13.6. The van der Waals surface area contributed by atoms with Crippen molar-refractivity contribution in [3.05, 3.63) is 0 Å². The number of ether oxygens (including phenoxy) is 1. The van der Waals surface area contributed by atoms with Crippen molar-refractivity contribution in [2.45, 2.75) is 161 Å². The molecule has 194 valence electrons. The quantitative estimate of drug-likeness (QED) is 0.378. The number of amides is 1. The van der Waals surface area contributed by atoms with Crippen molar-refractivity contribution in [1.82, 2.24) is 15.5 Å². The summed E-state index contributed by atoms with van der Waals surface area (Å²) in [6.45, 7) is 21.3. The van der Waals surface area contributed by atoms with Gasteiger partial charge in [0.15, 0.2) is 0 Å². The Morgan fingerprint density at radius 1 is 0.758 bits per heavy atom. The van der Waals surface area contributed by atoms with Gasteiger partial charge in [0.25, 0.3) is 0 Å². The predicted molar refractivity (Wildman–Crippen MR) is 140 cm³/mol. The van der Waals surface area contributed by atoms with E-state index in [1.807, 2.05) is 0 Å². The second kappa shape index (κ2) is 11.4. The van der Waals surface area contributed by atoms with Crippen LogP contribution in [0.3, 0.4) is 0 Å². The van der Waals surface area contributed by atoms with Crippen LogP contribution in [0.5, 0.6) is 0 Å². The highest BCUT2D eigenvalue weighted by atomic mass is 16.5. The van der Waals surface area contributed by atoms with E-state index in [-0.39, 0.29) is 46.8 Å². The van der Waals surface area contributed by atoms with Gasteiger partial charge >= 0.3 is 0 Å². The molecule has 0 spiro atoms. The smallest absolute Gasteiger partial charge is 0.248 e. The molecule has 2 fully saturated rings. The van der Waals surface area contributed by atoms with Gasteiger partial charge in [0.1, 0.15) is 6.61 Å². The zero-order valence-electron chi connectivity index (χ0n) is 23.4. The molecule has 2 aliphatic rings. The Bertz CT molecular complexity index is 595. The maximum atomic E-state index is 13.6. The minimum absolute atomic E-state index is 0.0238. The average Bonchev–Trinajstić information content (AvgIpc) is 2.60. The van der Waals surface area contributed by atoms with Gasteiger partial charge in [0.05, 0.1) is 6.10 Å². The van der Waals surface area contributed by atoms with Crippen LogP contribution in [0.4, 0.5) is 0 Å². The molecule has 2 rings (SSSR count). The van der Waals surface area contributed by atoms with E-state index in [0.29, 0.717) is 0 Å². The summed E-state index contributed by atoms with van der Waals surface area (Å²) >= 11 is 0. The van der Waals surface area contributed by atoms with Crippen molar-refractivity contribution >= 4 is 5.91 Å². The molecule has 1 amide bonds. The minimum Gasteiger partial charge on any atom is -0.368 e. The molecule has 2 aliphatic heterocycles. The van der Waals surface area contributed by atoms with Gasteiger partial charge in [-0.15, -0.1) is 0 Å². The van der Waals surface area contributed by atoms with Crippen LogP contribution in [0, 0.1) is 0 Å². The molecule has 0 aromatic carbocycles. The summed E-state index contributed by atoms with van der Waals surface area (Å²) in [6, 6.07) is 0.267. The first-order chi connectivity index (χ1) is 15.1. The van der Waals surface area contributed by atoms with Crippen LogP contribution in [0.1, 0.15) is 127 Å². The van der Waals surface area contributed by atoms with E-state index < -0.39 is 0 Å². The number of nitrogens with one attached hydrogen (secondary N) is 2. The zero-order valence-corrected chi connectivity index (χ0v) is 23.4. The monoisotopic (exact) mass is 465 g/mol. The number of hydrogen-bond acceptors (Lipinski definition) is 4. The first kappa shape index (κ1) is 28.6. The summed E-state index contributed by atoms with van der Waals surface area (Å²) < 4.78 is 6.30. The van der Waals surface area contributed by atoms with E-state index in [9.17, 15) is 4.79 Å². The highest BCUT2D eigenvalue weighted by molar-refractivity contribution is 5.78. The molecule has 5 nitrogen and oxygen atoms in total. The van der Waals surface area contributed by atoms with E-state index >= 15 is 0 Å². The molecule has 0 saturated carbocycles. The van der Waals surface area contributed by atoms with Crippen LogP contribution in [0.2, 0.25) is 0 Å². The molecule has 0 radical (unpaired) electrons. The number of carbonyl (C=O) groups excluding carboxylic acids is 1. The van der Waals surface area contributed by atoms with Gasteiger partial charge < -0.3 is 20.3 Å². The molecule has 5 heteroatoms. The van der Waals surface area contributed by atoms with Gasteiger partial charge in [0, 0.05) is 34.7 Å². The van der Waals surface area contributed by atoms with Gasteiger partial charge in [-0.05, 0) is 87.5 Å². The largest absolute Gasteiger partial charge is 0.368 e. The first-order valence-electron chi connectivity index (χ1n) is 13.6. The minimum atomic E-state index is 0.0238. The Balaban J connectivity index is 2.03. The van der Waals surface area contributed by atoms with Crippen LogP contribution >= 0.6 is 0 Å². The number of unbranched alkanes of at least 4 members (excludes halogenated alkanes) is 5. The third-order valence-electron chi connectivity index (χ3n) is 7.28. The van der Waals surface area contributed by atoms with E-state index in [0.717, 1.165) is 38.6 Å². The van der Waals surface area contributed by atoms with Gasteiger partial charge in [-0.1, -0.05) is 39.0 Å². The van der Waals surface area contributed by atoms with Gasteiger partial charge in [-0.3, -0.25) is 4.79 Å². The summed E-state index contributed by atoms with van der Waals surface area (Å²) in [5.74, 6) is 0.177. The third kappa shape index (κ3) is 9.85.